The van der Waals surface area contributed by atoms with Crippen molar-refractivity contribution in [3.8, 4) is 0 Å². The van der Waals surface area contributed by atoms with Crippen LogP contribution in [0.2, 0.25) is 10.0 Å². The Bertz CT molecular complexity index is 698. The summed E-state index contributed by atoms with van der Waals surface area (Å²) in [6.07, 6.45) is 0. The van der Waals surface area contributed by atoms with E-state index in [1.54, 1.807) is 12.1 Å². The van der Waals surface area contributed by atoms with Gasteiger partial charge in [0.05, 0.1) is 15.6 Å². The molecule has 0 fully saturated rings. The molecular formula is C13H10Cl2N2O2S. The van der Waals surface area contributed by atoms with E-state index in [0.29, 0.717) is 21.2 Å². The summed E-state index contributed by atoms with van der Waals surface area (Å²) in [5, 5.41) is 3.73. The number of benzene rings is 1. The van der Waals surface area contributed by atoms with Gasteiger partial charge in [-0.3, -0.25) is 9.59 Å². The molecule has 0 unspecified atom stereocenters. The fraction of sp³-hybridized carbons (Fsp3) is 0.0769. The van der Waals surface area contributed by atoms with Gasteiger partial charge in [0.15, 0.2) is 0 Å². The van der Waals surface area contributed by atoms with Crippen LogP contribution in [0.15, 0.2) is 24.3 Å². The van der Waals surface area contributed by atoms with Gasteiger partial charge in [-0.05, 0) is 31.2 Å². The Kier molecular flexibility index (Phi) is 4.32. The molecule has 4 nitrogen and oxygen atoms in total. The Morgan fingerprint density at radius 3 is 2.50 bits per heavy atom. The van der Waals surface area contributed by atoms with E-state index in [1.165, 1.54) is 23.5 Å². The molecule has 3 N–H and O–H groups in total. The maximum atomic E-state index is 12.1. The molecule has 0 saturated carbocycles. The first-order valence-electron chi connectivity index (χ1n) is 5.55. The highest BCUT2D eigenvalue weighted by atomic mass is 35.5. The number of amides is 2. The molecule has 1 aromatic carbocycles. The summed E-state index contributed by atoms with van der Waals surface area (Å²) >= 11 is 12.9. The lowest BCUT2D eigenvalue weighted by atomic mass is 10.2. The number of aryl methyl sites for hydroxylation is 1. The fourth-order valence-corrected chi connectivity index (χ4v) is 2.81. The van der Waals surface area contributed by atoms with Crippen LogP contribution in [0.25, 0.3) is 0 Å². The molecule has 1 heterocycles. The van der Waals surface area contributed by atoms with Crippen LogP contribution in [0, 0.1) is 6.92 Å². The monoisotopic (exact) mass is 328 g/mol. The van der Waals surface area contributed by atoms with E-state index in [1.807, 2.05) is 6.92 Å². The normalized spacial score (nSPS) is 10.3. The maximum absolute atomic E-state index is 12.1. The quantitative estimate of drug-likeness (QED) is 0.901. The Labute approximate surface area is 129 Å². The average molecular weight is 329 g/mol. The minimum atomic E-state index is -0.584. The summed E-state index contributed by atoms with van der Waals surface area (Å²) in [5.74, 6) is -0.966. The second kappa shape index (κ2) is 5.83. The van der Waals surface area contributed by atoms with Gasteiger partial charge < -0.3 is 11.1 Å². The number of primary amides is 1. The zero-order valence-corrected chi connectivity index (χ0v) is 12.7. The number of rotatable bonds is 3. The minimum Gasteiger partial charge on any atom is -0.366 e. The Hall–Kier alpha value is -1.56. The van der Waals surface area contributed by atoms with Gasteiger partial charge in [0.2, 0.25) is 0 Å². The van der Waals surface area contributed by atoms with Crippen LogP contribution in [-0.2, 0) is 0 Å². The highest BCUT2D eigenvalue weighted by Crippen LogP contribution is 2.28. The largest absolute Gasteiger partial charge is 0.366 e. The Morgan fingerprint density at radius 2 is 1.90 bits per heavy atom. The lowest BCUT2D eigenvalue weighted by Crippen LogP contribution is -2.16. The molecule has 0 bridgehead atoms. The highest BCUT2D eigenvalue weighted by molar-refractivity contribution is 7.16. The Balaban J connectivity index is 2.27. The first-order chi connectivity index (χ1) is 9.38. The molecule has 2 aromatic rings. The molecule has 1 aromatic heterocycles. The van der Waals surface area contributed by atoms with Gasteiger partial charge >= 0.3 is 0 Å². The number of nitrogens with one attached hydrogen (secondary N) is 1. The van der Waals surface area contributed by atoms with Crippen molar-refractivity contribution in [1.29, 1.82) is 0 Å². The molecule has 7 heteroatoms. The molecule has 0 radical (unpaired) electrons. The number of thiophene rings is 1. The molecule has 0 aliphatic heterocycles. The molecular weight excluding hydrogens is 319 g/mol. The van der Waals surface area contributed by atoms with Crippen molar-refractivity contribution in [2.75, 3.05) is 5.32 Å². The van der Waals surface area contributed by atoms with Crippen molar-refractivity contribution >= 4 is 51.4 Å². The third-order valence-corrected chi connectivity index (χ3v) is 4.23. The fourth-order valence-electron chi connectivity index (χ4n) is 1.60. The summed E-state index contributed by atoms with van der Waals surface area (Å²) in [6, 6.07) is 6.18. The number of carbonyl (C=O) groups is 2. The molecule has 2 amide bonds. The van der Waals surface area contributed by atoms with Crippen LogP contribution < -0.4 is 11.1 Å². The van der Waals surface area contributed by atoms with Crippen LogP contribution in [0.4, 0.5) is 5.00 Å². The number of halogens is 2. The third-order valence-electron chi connectivity index (χ3n) is 2.53. The lowest BCUT2D eigenvalue weighted by molar-refractivity contribution is 0.100. The second-order valence-corrected chi connectivity index (χ2v) is 6.12. The lowest BCUT2D eigenvalue weighted by Gasteiger charge is -2.05. The van der Waals surface area contributed by atoms with Gasteiger partial charge in [-0.2, -0.15) is 0 Å². The van der Waals surface area contributed by atoms with E-state index < -0.39 is 5.91 Å². The van der Waals surface area contributed by atoms with Crippen LogP contribution in [-0.4, -0.2) is 11.8 Å². The standard InChI is InChI=1S/C13H10Cl2N2O2S/c1-6-4-8(11(16)18)13(20-6)17-12(19)7-2-3-9(14)10(15)5-7/h2-5H,1H3,(H2,16,18)(H,17,19). The smallest absolute Gasteiger partial charge is 0.256 e. The summed E-state index contributed by atoms with van der Waals surface area (Å²) in [4.78, 5) is 24.3. The molecule has 0 spiro atoms. The van der Waals surface area contributed by atoms with Crippen molar-refractivity contribution in [3.63, 3.8) is 0 Å². The summed E-state index contributed by atoms with van der Waals surface area (Å²) < 4.78 is 0. The minimum absolute atomic E-state index is 0.289. The zero-order chi connectivity index (χ0) is 14.9. The SMILES string of the molecule is Cc1cc(C(N)=O)c(NC(=O)c2ccc(Cl)c(Cl)c2)s1. The number of hydrogen-bond donors (Lipinski definition) is 2. The van der Waals surface area contributed by atoms with Crippen molar-refractivity contribution < 1.29 is 9.59 Å². The molecule has 0 aliphatic rings. The second-order valence-electron chi connectivity index (χ2n) is 4.05. The van der Waals surface area contributed by atoms with E-state index in [0.717, 1.165) is 4.88 Å². The first-order valence-corrected chi connectivity index (χ1v) is 7.12. The maximum Gasteiger partial charge on any atom is 0.256 e. The number of carbonyl (C=O) groups excluding carboxylic acids is 2. The first kappa shape index (κ1) is 14.8. The van der Waals surface area contributed by atoms with E-state index in [4.69, 9.17) is 28.9 Å². The molecule has 20 heavy (non-hydrogen) atoms. The molecule has 0 saturated heterocycles. The number of anilines is 1. The van der Waals surface area contributed by atoms with Gasteiger partial charge in [0.25, 0.3) is 11.8 Å². The van der Waals surface area contributed by atoms with E-state index in [-0.39, 0.29) is 10.9 Å². The van der Waals surface area contributed by atoms with Crippen molar-refractivity contribution in [2.24, 2.45) is 5.73 Å². The third kappa shape index (κ3) is 3.12. The van der Waals surface area contributed by atoms with Crippen LogP contribution in [0.1, 0.15) is 25.6 Å². The summed E-state index contributed by atoms with van der Waals surface area (Å²) in [5.41, 5.74) is 5.90. The highest BCUT2D eigenvalue weighted by Gasteiger charge is 2.16. The predicted molar refractivity (Wildman–Crippen MR) is 82.0 cm³/mol. The van der Waals surface area contributed by atoms with Crippen LogP contribution in [0.5, 0.6) is 0 Å². The van der Waals surface area contributed by atoms with Gasteiger partial charge in [0, 0.05) is 10.4 Å². The predicted octanol–water partition coefficient (Wildman–Crippen LogP) is 3.71. The number of nitrogens with two attached hydrogens (primary N) is 1. The van der Waals surface area contributed by atoms with Crippen LogP contribution in [0.3, 0.4) is 0 Å². The summed E-state index contributed by atoms with van der Waals surface area (Å²) in [7, 11) is 0. The topological polar surface area (TPSA) is 72.2 Å². The molecule has 0 aliphatic carbocycles. The average Bonchev–Trinajstić information content (AvgIpc) is 2.73. The zero-order valence-electron chi connectivity index (χ0n) is 10.4. The van der Waals surface area contributed by atoms with E-state index >= 15 is 0 Å². The van der Waals surface area contributed by atoms with Gasteiger partial charge in [0.1, 0.15) is 5.00 Å². The van der Waals surface area contributed by atoms with Crippen molar-refractivity contribution in [1.82, 2.24) is 0 Å². The molecule has 104 valence electrons. The molecule has 2 rings (SSSR count). The van der Waals surface area contributed by atoms with Gasteiger partial charge in [-0.1, -0.05) is 23.2 Å². The molecule has 0 atom stereocenters. The van der Waals surface area contributed by atoms with Crippen molar-refractivity contribution in [2.45, 2.75) is 6.92 Å². The van der Waals surface area contributed by atoms with Crippen molar-refractivity contribution in [3.05, 3.63) is 50.3 Å². The Morgan fingerprint density at radius 1 is 1.20 bits per heavy atom. The van der Waals surface area contributed by atoms with E-state index in [2.05, 4.69) is 5.32 Å². The van der Waals surface area contributed by atoms with Gasteiger partial charge in [-0.15, -0.1) is 11.3 Å². The van der Waals surface area contributed by atoms with E-state index in [9.17, 15) is 9.59 Å². The van der Waals surface area contributed by atoms with Crippen LogP contribution >= 0.6 is 34.5 Å². The number of hydrogen-bond acceptors (Lipinski definition) is 3. The summed E-state index contributed by atoms with van der Waals surface area (Å²) in [6.45, 7) is 1.83. The van der Waals surface area contributed by atoms with Gasteiger partial charge in [-0.25, -0.2) is 0 Å².